The molecule has 0 aromatic heterocycles. The summed E-state index contributed by atoms with van der Waals surface area (Å²) in [6, 6.07) is 29.3. The zero-order valence-electron chi connectivity index (χ0n) is 17.9. The number of para-hydroxylation sites is 2. The van der Waals surface area contributed by atoms with Gasteiger partial charge in [-0.2, -0.15) is 0 Å². The number of benzene rings is 3. The molecule has 158 valence electrons. The van der Waals surface area contributed by atoms with Gasteiger partial charge >= 0.3 is 0 Å². The Morgan fingerprint density at radius 3 is 1.33 bits per heavy atom. The van der Waals surface area contributed by atoms with Gasteiger partial charge in [0.15, 0.2) is 11.5 Å². The summed E-state index contributed by atoms with van der Waals surface area (Å²) >= 11 is 0. The van der Waals surface area contributed by atoms with Gasteiger partial charge in [0.2, 0.25) is 0 Å². The minimum Gasteiger partial charge on any atom is -0.488 e. The molecule has 0 heterocycles. The van der Waals surface area contributed by atoms with Crippen LogP contribution < -0.4 is 20.1 Å². The predicted octanol–water partition coefficient (Wildman–Crippen LogP) is 5.15. The first-order valence-corrected chi connectivity index (χ1v) is 10.7. The Morgan fingerprint density at radius 2 is 0.933 bits per heavy atom. The van der Waals surface area contributed by atoms with Gasteiger partial charge in [0, 0.05) is 25.2 Å². The fraction of sp³-hybridized carbons (Fsp3) is 0.308. The molecule has 0 aliphatic heterocycles. The summed E-state index contributed by atoms with van der Waals surface area (Å²) in [5.74, 6) is 1.56. The summed E-state index contributed by atoms with van der Waals surface area (Å²) in [6.45, 7) is 7.02. The molecule has 0 bridgehead atoms. The van der Waals surface area contributed by atoms with Gasteiger partial charge < -0.3 is 20.1 Å². The number of rotatable bonds is 12. The Kier molecular flexibility index (Phi) is 8.76. The van der Waals surface area contributed by atoms with Crippen LogP contribution in [0.2, 0.25) is 0 Å². The van der Waals surface area contributed by atoms with Crippen LogP contribution in [0.1, 0.15) is 37.1 Å². The van der Waals surface area contributed by atoms with Crippen LogP contribution in [-0.4, -0.2) is 26.3 Å². The molecule has 0 spiro atoms. The third kappa shape index (κ3) is 6.90. The quantitative estimate of drug-likeness (QED) is 0.410. The van der Waals surface area contributed by atoms with Gasteiger partial charge in [-0.1, -0.05) is 72.8 Å². The summed E-state index contributed by atoms with van der Waals surface area (Å²) in [4.78, 5) is 0. The first-order valence-electron chi connectivity index (χ1n) is 10.7. The molecule has 3 aromatic carbocycles. The van der Waals surface area contributed by atoms with E-state index in [1.54, 1.807) is 0 Å². The molecule has 0 aliphatic carbocycles. The molecular weight excluding hydrogens is 372 g/mol. The van der Waals surface area contributed by atoms with E-state index in [9.17, 15) is 0 Å². The fourth-order valence-electron chi connectivity index (χ4n) is 3.28. The number of hydrogen-bond donors (Lipinski definition) is 2. The lowest BCUT2D eigenvalue weighted by Gasteiger charge is -2.17. The van der Waals surface area contributed by atoms with Gasteiger partial charge in [-0.25, -0.2) is 0 Å². The van der Waals surface area contributed by atoms with Crippen molar-refractivity contribution in [3.63, 3.8) is 0 Å². The number of ether oxygens (including phenoxy) is 2. The highest BCUT2D eigenvalue weighted by Crippen LogP contribution is 2.26. The van der Waals surface area contributed by atoms with Crippen LogP contribution in [0.4, 0.5) is 0 Å². The van der Waals surface area contributed by atoms with Crippen LogP contribution in [0, 0.1) is 0 Å². The highest BCUT2D eigenvalue weighted by molar-refractivity contribution is 5.39. The summed E-state index contributed by atoms with van der Waals surface area (Å²) in [7, 11) is 0. The minimum atomic E-state index is 0.291. The zero-order chi connectivity index (χ0) is 21.0. The van der Waals surface area contributed by atoms with Crippen molar-refractivity contribution in [2.75, 3.05) is 26.3 Å². The second-order valence-electron chi connectivity index (χ2n) is 7.32. The molecule has 0 amide bonds. The van der Waals surface area contributed by atoms with Crippen molar-refractivity contribution in [2.45, 2.75) is 25.9 Å². The van der Waals surface area contributed by atoms with Crippen molar-refractivity contribution in [1.82, 2.24) is 10.6 Å². The molecule has 2 atom stereocenters. The van der Waals surface area contributed by atoms with Crippen LogP contribution in [0.3, 0.4) is 0 Å². The monoisotopic (exact) mass is 404 g/mol. The van der Waals surface area contributed by atoms with E-state index in [2.05, 4.69) is 73.0 Å². The van der Waals surface area contributed by atoms with Crippen LogP contribution in [0.25, 0.3) is 0 Å². The Balaban J connectivity index is 1.39. The summed E-state index contributed by atoms with van der Waals surface area (Å²) < 4.78 is 11.9. The molecule has 4 heteroatoms. The second-order valence-corrected chi connectivity index (χ2v) is 7.32. The largest absolute Gasteiger partial charge is 0.488 e. The molecule has 3 aromatic rings. The molecule has 30 heavy (non-hydrogen) atoms. The molecular formula is C26H32N2O2. The summed E-state index contributed by atoms with van der Waals surface area (Å²) in [6.07, 6.45) is 0. The average molecular weight is 405 g/mol. The third-order valence-electron chi connectivity index (χ3n) is 5.07. The molecule has 0 unspecified atom stereocenters. The third-order valence-corrected chi connectivity index (χ3v) is 5.07. The first kappa shape index (κ1) is 21.9. The number of hydrogen-bond acceptors (Lipinski definition) is 4. The van der Waals surface area contributed by atoms with Crippen molar-refractivity contribution in [3.05, 3.63) is 96.1 Å². The zero-order valence-corrected chi connectivity index (χ0v) is 17.9. The molecule has 0 aliphatic rings. The van der Waals surface area contributed by atoms with Gasteiger partial charge in [-0.05, 0) is 37.1 Å². The van der Waals surface area contributed by atoms with E-state index < -0.39 is 0 Å². The Labute approximate surface area is 180 Å². The molecule has 2 N–H and O–H groups in total. The molecule has 0 radical (unpaired) electrons. The van der Waals surface area contributed by atoms with E-state index in [1.165, 1.54) is 11.1 Å². The SMILES string of the molecule is C[C@@H](NCCOc1ccccc1OCCN[C@H](C)c1ccccc1)c1ccccc1. The first-order chi connectivity index (χ1) is 14.7. The van der Waals surface area contributed by atoms with Crippen LogP contribution in [-0.2, 0) is 0 Å². The lowest BCUT2D eigenvalue weighted by Crippen LogP contribution is -2.25. The van der Waals surface area contributed by atoms with E-state index in [0.717, 1.165) is 24.6 Å². The maximum absolute atomic E-state index is 5.96. The summed E-state index contributed by atoms with van der Waals surface area (Å²) in [5, 5.41) is 6.99. The van der Waals surface area contributed by atoms with E-state index in [1.807, 2.05) is 36.4 Å². The minimum absolute atomic E-state index is 0.291. The molecule has 0 saturated carbocycles. The Morgan fingerprint density at radius 1 is 0.567 bits per heavy atom. The maximum atomic E-state index is 5.96. The van der Waals surface area contributed by atoms with Crippen molar-refractivity contribution in [1.29, 1.82) is 0 Å². The van der Waals surface area contributed by atoms with Gasteiger partial charge in [0.25, 0.3) is 0 Å². The topological polar surface area (TPSA) is 42.5 Å². The Bertz CT molecular complexity index is 783. The van der Waals surface area contributed by atoms with Crippen molar-refractivity contribution < 1.29 is 9.47 Å². The predicted molar refractivity (Wildman–Crippen MR) is 123 cm³/mol. The van der Waals surface area contributed by atoms with E-state index in [4.69, 9.17) is 9.47 Å². The van der Waals surface area contributed by atoms with Crippen LogP contribution in [0.5, 0.6) is 11.5 Å². The Hall–Kier alpha value is -2.82. The van der Waals surface area contributed by atoms with E-state index in [0.29, 0.717) is 25.3 Å². The van der Waals surface area contributed by atoms with Gasteiger partial charge in [-0.3, -0.25) is 0 Å². The van der Waals surface area contributed by atoms with Crippen LogP contribution in [0.15, 0.2) is 84.9 Å². The smallest absolute Gasteiger partial charge is 0.161 e. The van der Waals surface area contributed by atoms with E-state index >= 15 is 0 Å². The fourth-order valence-corrected chi connectivity index (χ4v) is 3.28. The highest BCUT2D eigenvalue weighted by Gasteiger charge is 2.07. The maximum Gasteiger partial charge on any atom is 0.161 e. The molecule has 0 fully saturated rings. The lowest BCUT2D eigenvalue weighted by atomic mass is 10.1. The van der Waals surface area contributed by atoms with Gasteiger partial charge in [0.05, 0.1) is 0 Å². The molecule has 0 saturated heterocycles. The van der Waals surface area contributed by atoms with E-state index in [-0.39, 0.29) is 0 Å². The normalized spacial score (nSPS) is 12.9. The van der Waals surface area contributed by atoms with Crippen molar-refractivity contribution in [3.8, 4) is 11.5 Å². The van der Waals surface area contributed by atoms with Crippen molar-refractivity contribution >= 4 is 0 Å². The molecule has 3 rings (SSSR count). The van der Waals surface area contributed by atoms with Crippen LogP contribution >= 0.6 is 0 Å². The number of nitrogens with one attached hydrogen (secondary N) is 2. The molecule has 4 nitrogen and oxygen atoms in total. The summed E-state index contributed by atoms with van der Waals surface area (Å²) in [5.41, 5.74) is 2.55. The lowest BCUT2D eigenvalue weighted by molar-refractivity contribution is 0.262. The van der Waals surface area contributed by atoms with Crippen molar-refractivity contribution in [2.24, 2.45) is 0 Å². The highest BCUT2D eigenvalue weighted by atomic mass is 16.5. The second kappa shape index (κ2) is 12.0. The van der Waals surface area contributed by atoms with Gasteiger partial charge in [0.1, 0.15) is 13.2 Å². The standard InChI is InChI=1S/C26H32N2O2/c1-21(23-11-5-3-6-12-23)27-17-19-29-25-15-9-10-16-26(25)30-20-18-28-22(2)24-13-7-4-8-14-24/h3-16,21-22,27-28H,17-20H2,1-2H3/t21-,22-/m1/s1. The average Bonchev–Trinajstić information content (AvgIpc) is 2.81. The van der Waals surface area contributed by atoms with Gasteiger partial charge in [-0.15, -0.1) is 0 Å².